The van der Waals surface area contributed by atoms with Crippen molar-refractivity contribution in [3.05, 3.63) is 21.4 Å². The molecule has 1 heterocycles. The van der Waals surface area contributed by atoms with Gasteiger partial charge in [-0.25, -0.2) is 4.79 Å². The highest BCUT2D eigenvalue weighted by molar-refractivity contribution is 7.14. The fraction of sp³-hybridized carbons (Fsp3) is 0.600. The van der Waals surface area contributed by atoms with Crippen LogP contribution in [0.4, 0.5) is 0 Å². The van der Waals surface area contributed by atoms with Crippen LogP contribution in [0.2, 0.25) is 0 Å². The van der Waals surface area contributed by atoms with Gasteiger partial charge in [-0.2, -0.15) is 0 Å². The summed E-state index contributed by atoms with van der Waals surface area (Å²) in [6.45, 7) is 7.97. The highest BCUT2D eigenvalue weighted by Gasteiger charge is 2.22. The van der Waals surface area contributed by atoms with Gasteiger partial charge in [0.1, 0.15) is 6.04 Å². The van der Waals surface area contributed by atoms with E-state index in [1.807, 2.05) is 26.8 Å². The third-order valence-electron chi connectivity index (χ3n) is 3.07. The Kier molecular flexibility index (Phi) is 6.20. The van der Waals surface area contributed by atoms with Crippen LogP contribution in [0.3, 0.4) is 0 Å². The zero-order valence-electron chi connectivity index (χ0n) is 12.5. The molecule has 0 aliphatic rings. The lowest BCUT2D eigenvalue weighted by molar-refractivity contribution is -0.139. The molecule has 1 amide bonds. The van der Waals surface area contributed by atoms with Crippen molar-refractivity contribution in [2.75, 3.05) is 0 Å². The van der Waals surface area contributed by atoms with Crippen molar-refractivity contribution in [2.24, 2.45) is 5.92 Å². The van der Waals surface area contributed by atoms with Gasteiger partial charge in [0.05, 0.1) is 4.88 Å². The van der Waals surface area contributed by atoms with E-state index in [1.54, 1.807) is 0 Å². The van der Waals surface area contributed by atoms with Crippen LogP contribution in [0.5, 0.6) is 0 Å². The molecule has 4 nitrogen and oxygen atoms in total. The van der Waals surface area contributed by atoms with Gasteiger partial charge >= 0.3 is 5.97 Å². The molecule has 0 bridgehead atoms. The number of carboxylic acid groups (broad SMARTS) is 1. The minimum absolute atomic E-state index is 0.220. The molecule has 1 atom stereocenters. The summed E-state index contributed by atoms with van der Waals surface area (Å²) in [5.74, 6) is -1.04. The van der Waals surface area contributed by atoms with E-state index in [1.165, 1.54) is 16.9 Å². The molecular weight excluding hydrogens is 274 g/mol. The van der Waals surface area contributed by atoms with E-state index in [0.29, 0.717) is 11.3 Å². The summed E-state index contributed by atoms with van der Waals surface area (Å²) >= 11 is 1.43. The number of carbonyl (C=O) groups excluding carboxylic acids is 1. The average molecular weight is 297 g/mol. The fourth-order valence-corrected chi connectivity index (χ4v) is 3.05. The van der Waals surface area contributed by atoms with Crippen molar-refractivity contribution in [1.29, 1.82) is 0 Å². The van der Waals surface area contributed by atoms with Crippen molar-refractivity contribution in [2.45, 2.75) is 53.0 Å². The number of nitrogens with one attached hydrogen (secondary N) is 1. The van der Waals surface area contributed by atoms with E-state index >= 15 is 0 Å². The standard InChI is InChI=1S/C15H23NO3S/c1-5-6-11-8-13(20-10(11)4)14(17)16-12(15(18)19)7-9(2)3/h8-9,12H,5-7H2,1-4H3,(H,16,17)(H,18,19)/t12-/m1/s1. The number of carboxylic acids is 1. The topological polar surface area (TPSA) is 66.4 Å². The molecule has 0 saturated carbocycles. The molecule has 0 fully saturated rings. The minimum Gasteiger partial charge on any atom is -0.480 e. The maximum absolute atomic E-state index is 12.1. The van der Waals surface area contributed by atoms with E-state index < -0.39 is 12.0 Å². The summed E-state index contributed by atoms with van der Waals surface area (Å²) < 4.78 is 0. The van der Waals surface area contributed by atoms with Gasteiger partial charge < -0.3 is 10.4 Å². The maximum Gasteiger partial charge on any atom is 0.326 e. The van der Waals surface area contributed by atoms with E-state index in [4.69, 9.17) is 5.11 Å². The van der Waals surface area contributed by atoms with Crippen LogP contribution in [0, 0.1) is 12.8 Å². The molecule has 0 aromatic carbocycles. The SMILES string of the molecule is CCCc1cc(C(=O)N[C@H](CC(C)C)C(=O)O)sc1C. The molecule has 1 aromatic rings. The molecule has 0 saturated heterocycles. The second-order valence-electron chi connectivity index (χ2n) is 5.44. The molecule has 0 aliphatic carbocycles. The number of amides is 1. The number of hydrogen-bond acceptors (Lipinski definition) is 3. The van der Waals surface area contributed by atoms with E-state index in [0.717, 1.165) is 17.7 Å². The summed E-state index contributed by atoms with van der Waals surface area (Å²) in [5.41, 5.74) is 1.18. The highest BCUT2D eigenvalue weighted by atomic mass is 32.1. The predicted octanol–water partition coefficient (Wildman–Crippen LogP) is 3.24. The van der Waals surface area contributed by atoms with Crippen molar-refractivity contribution in [3.8, 4) is 0 Å². The molecule has 5 heteroatoms. The molecule has 0 aliphatic heterocycles. The zero-order chi connectivity index (χ0) is 15.3. The Balaban J connectivity index is 2.78. The fourth-order valence-electron chi connectivity index (χ4n) is 2.07. The highest BCUT2D eigenvalue weighted by Crippen LogP contribution is 2.23. The van der Waals surface area contributed by atoms with Crippen LogP contribution < -0.4 is 5.32 Å². The van der Waals surface area contributed by atoms with Crippen molar-refractivity contribution in [3.63, 3.8) is 0 Å². The van der Waals surface area contributed by atoms with Gasteiger partial charge in [0.25, 0.3) is 5.91 Å². The summed E-state index contributed by atoms with van der Waals surface area (Å²) in [6, 6.07) is 1.06. The molecule has 112 valence electrons. The average Bonchev–Trinajstić information content (AvgIpc) is 2.70. The van der Waals surface area contributed by atoms with Gasteiger partial charge in [0.15, 0.2) is 0 Å². The number of aliphatic carboxylic acids is 1. The van der Waals surface area contributed by atoms with Crippen LogP contribution in [-0.4, -0.2) is 23.0 Å². The Morgan fingerprint density at radius 2 is 2.05 bits per heavy atom. The lowest BCUT2D eigenvalue weighted by Gasteiger charge is -2.15. The molecule has 2 N–H and O–H groups in total. The number of thiophene rings is 1. The van der Waals surface area contributed by atoms with Crippen LogP contribution in [-0.2, 0) is 11.2 Å². The van der Waals surface area contributed by atoms with Gasteiger partial charge in [-0.15, -0.1) is 11.3 Å². The first kappa shape index (κ1) is 16.7. The van der Waals surface area contributed by atoms with Gasteiger partial charge in [0, 0.05) is 4.88 Å². The quantitative estimate of drug-likeness (QED) is 0.812. The van der Waals surface area contributed by atoms with E-state index in [9.17, 15) is 9.59 Å². The molecule has 0 radical (unpaired) electrons. The Morgan fingerprint density at radius 1 is 1.40 bits per heavy atom. The van der Waals surface area contributed by atoms with E-state index in [-0.39, 0.29) is 11.8 Å². The monoisotopic (exact) mass is 297 g/mol. The first-order valence-electron chi connectivity index (χ1n) is 6.98. The maximum atomic E-state index is 12.1. The van der Waals surface area contributed by atoms with Gasteiger partial charge in [-0.3, -0.25) is 4.79 Å². The summed E-state index contributed by atoms with van der Waals surface area (Å²) in [4.78, 5) is 25.0. The Morgan fingerprint density at radius 3 is 2.55 bits per heavy atom. The number of aryl methyl sites for hydroxylation is 2. The van der Waals surface area contributed by atoms with E-state index in [2.05, 4.69) is 12.2 Å². The van der Waals surface area contributed by atoms with Gasteiger partial charge in [-0.05, 0) is 37.3 Å². The second-order valence-corrected chi connectivity index (χ2v) is 6.69. The predicted molar refractivity (Wildman–Crippen MR) is 81.4 cm³/mol. The lowest BCUT2D eigenvalue weighted by Crippen LogP contribution is -2.41. The largest absolute Gasteiger partial charge is 0.480 e. The zero-order valence-corrected chi connectivity index (χ0v) is 13.3. The summed E-state index contributed by atoms with van der Waals surface area (Å²) in [5, 5.41) is 11.8. The Bertz CT molecular complexity index is 479. The van der Waals surface area contributed by atoms with Crippen LogP contribution in [0.15, 0.2) is 6.07 Å². The summed E-state index contributed by atoms with van der Waals surface area (Å²) in [6.07, 6.45) is 2.42. The molecule has 0 unspecified atom stereocenters. The first-order chi connectivity index (χ1) is 9.35. The molecule has 1 aromatic heterocycles. The van der Waals surface area contributed by atoms with Crippen LogP contribution in [0.1, 0.15) is 53.7 Å². The third-order valence-corrected chi connectivity index (χ3v) is 4.17. The smallest absolute Gasteiger partial charge is 0.326 e. The molecule has 1 rings (SSSR count). The molecular formula is C15H23NO3S. The number of carbonyl (C=O) groups is 2. The summed E-state index contributed by atoms with van der Waals surface area (Å²) in [7, 11) is 0. The molecule has 0 spiro atoms. The normalized spacial score (nSPS) is 12.4. The minimum atomic E-state index is -0.978. The lowest BCUT2D eigenvalue weighted by atomic mass is 10.0. The first-order valence-corrected chi connectivity index (χ1v) is 7.79. The van der Waals surface area contributed by atoms with Crippen molar-refractivity contribution < 1.29 is 14.7 Å². The Hall–Kier alpha value is -1.36. The van der Waals surface area contributed by atoms with Gasteiger partial charge in [-0.1, -0.05) is 27.2 Å². The van der Waals surface area contributed by atoms with Gasteiger partial charge in [0.2, 0.25) is 0 Å². The van der Waals surface area contributed by atoms with Crippen molar-refractivity contribution in [1.82, 2.24) is 5.32 Å². The number of hydrogen-bond donors (Lipinski definition) is 2. The molecule has 20 heavy (non-hydrogen) atoms. The Labute approximate surface area is 124 Å². The van der Waals surface area contributed by atoms with Crippen LogP contribution >= 0.6 is 11.3 Å². The second kappa shape index (κ2) is 7.43. The van der Waals surface area contributed by atoms with Crippen LogP contribution in [0.25, 0.3) is 0 Å². The number of rotatable bonds is 7. The third kappa shape index (κ3) is 4.63. The van der Waals surface area contributed by atoms with Crippen molar-refractivity contribution >= 4 is 23.2 Å².